The second kappa shape index (κ2) is 7.92. The van der Waals surface area contributed by atoms with Crippen LogP contribution in [0.3, 0.4) is 0 Å². The van der Waals surface area contributed by atoms with Gasteiger partial charge in [-0.3, -0.25) is 4.79 Å². The molecule has 3 heteroatoms. The Kier molecular flexibility index (Phi) is 5.64. The van der Waals surface area contributed by atoms with Crippen molar-refractivity contribution in [2.45, 2.75) is 44.0 Å². The van der Waals surface area contributed by atoms with Gasteiger partial charge in [0.15, 0.2) is 5.78 Å². The molecule has 2 aromatic rings. The van der Waals surface area contributed by atoms with Crippen LogP contribution in [0.1, 0.15) is 37.8 Å². The van der Waals surface area contributed by atoms with Crippen molar-refractivity contribution in [1.29, 1.82) is 0 Å². The predicted octanol–water partition coefficient (Wildman–Crippen LogP) is 5.26. The van der Waals surface area contributed by atoms with Gasteiger partial charge in [0.05, 0.1) is 10.8 Å². The number of ketones is 1. The summed E-state index contributed by atoms with van der Waals surface area (Å²) in [7, 11) is 0. The van der Waals surface area contributed by atoms with E-state index in [1.54, 1.807) is 11.8 Å². The molecule has 0 N–H and O–H groups in total. The Bertz CT molecular complexity index is 767. The highest BCUT2D eigenvalue weighted by Gasteiger charge is 2.31. The summed E-state index contributed by atoms with van der Waals surface area (Å²) in [4.78, 5) is 17.4. The number of carbonyl (C=O) groups is 1. The topological polar surface area (TPSA) is 20.3 Å². The Morgan fingerprint density at radius 1 is 1.12 bits per heavy atom. The Hall–Kier alpha value is -2.00. The van der Waals surface area contributed by atoms with E-state index in [1.807, 2.05) is 24.4 Å². The number of hydrogen-bond acceptors (Lipinski definition) is 3. The summed E-state index contributed by atoms with van der Waals surface area (Å²) >= 11 is 1.57. The zero-order chi connectivity index (χ0) is 17.8. The first-order valence-electron chi connectivity index (χ1n) is 8.92. The van der Waals surface area contributed by atoms with Gasteiger partial charge in [-0.1, -0.05) is 61.2 Å². The van der Waals surface area contributed by atoms with Gasteiger partial charge in [-0.25, -0.2) is 0 Å². The Labute approximate surface area is 154 Å². The molecular weight excluding hydrogens is 326 g/mol. The number of benzene rings is 2. The molecule has 1 atom stereocenters. The molecule has 0 amide bonds. The SMILES string of the molecule is CCc1cccc(C2CN(C(C)C)C=C(Sc3ccccc3)C2=O)c1. The van der Waals surface area contributed by atoms with Crippen molar-refractivity contribution in [3.05, 3.63) is 76.8 Å². The Balaban J connectivity index is 1.93. The maximum atomic E-state index is 13.2. The van der Waals surface area contributed by atoms with E-state index in [0.29, 0.717) is 6.04 Å². The summed E-state index contributed by atoms with van der Waals surface area (Å²) in [6.07, 6.45) is 3.04. The van der Waals surface area contributed by atoms with Gasteiger partial charge < -0.3 is 4.90 Å². The molecule has 2 nitrogen and oxygen atoms in total. The van der Waals surface area contributed by atoms with Gasteiger partial charge in [0.2, 0.25) is 0 Å². The minimum absolute atomic E-state index is 0.0925. The number of Topliss-reactive ketones (excluding diaryl/α,β-unsaturated/α-hetero) is 1. The first-order chi connectivity index (χ1) is 12.1. The summed E-state index contributed by atoms with van der Waals surface area (Å²) in [6.45, 7) is 7.26. The van der Waals surface area contributed by atoms with Crippen LogP contribution in [-0.2, 0) is 11.2 Å². The number of allylic oxidation sites excluding steroid dienone is 1. The lowest BCUT2D eigenvalue weighted by molar-refractivity contribution is -0.117. The lowest BCUT2D eigenvalue weighted by atomic mass is 9.90. The number of aryl methyl sites for hydroxylation is 1. The highest BCUT2D eigenvalue weighted by Crippen LogP contribution is 2.36. The predicted molar refractivity (Wildman–Crippen MR) is 106 cm³/mol. The van der Waals surface area contributed by atoms with Crippen molar-refractivity contribution in [2.24, 2.45) is 0 Å². The van der Waals surface area contributed by atoms with Gasteiger partial charge in [0.1, 0.15) is 0 Å². The molecular formula is C22H25NOS. The molecule has 1 heterocycles. The monoisotopic (exact) mass is 351 g/mol. The quantitative estimate of drug-likeness (QED) is 0.733. The molecule has 25 heavy (non-hydrogen) atoms. The van der Waals surface area contributed by atoms with Gasteiger partial charge >= 0.3 is 0 Å². The van der Waals surface area contributed by atoms with Crippen molar-refractivity contribution >= 4 is 17.5 Å². The fraction of sp³-hybridized carbons (Fsp3) is 0.318. The second-order valence-electron chi connectivity index (χ2n) is 6.71. The summed E-state index contributed by atoms with van der Waals surface area (Å²) in [5.41, 5.74) is 2.42. The largest absolute Gasteiger partial charge is 0.373 e. The zero-order valence-electron chi connectivity index (χ0n) is 15.1. The number of rotatable bonds is 5. The minimum atomic E-state index is -0.0925. The summed E-state index contributed by atoms with van der Waals surface area (Å²) in [6, 6.07) is 19.0. The summed E-state index contributed by atoms with van der Waals surface area (Å²) in [5, 5.41) is 0. The van der Waals surface area contributed by atoms with E-state index in [2.05, 4.69) is 62.1 Å². The van der Waals surface area contributed by atoms with E-state index in [1.165, 1.54) is 5.56 Å². The van der Waals surface area contributed by atoms with Crippen LogP contribution in [0.2, 0.25) is 0 Å². The molecule has 0 saturated heterocycles. The van der Waals surface area contributed by atoms with Crippen molar-refractivity contribution in [3.63, 3.8) is 0 Å². The number of hydrogen-bond donors (Lipinski definition) is 0. The first kappa shape index (κ1) is 17.8. The Morgan fingerprint density at radius 2 is 1.88 bits per heavy atom. The maximum absolute atomic E-state index is 13.2. The van der Waals surface area contributed by atoms with Gasteiger partial charge in [-0.15, -0.1) is 0 Å². The van der Waals surface area contributed by atoms with Crippen LogP contribution in [0.25, 0.3) is 0 Å². The van der Waals surface area contributed by atoms with E-state index in [9.17, 15) is 4.79 Å². The van der Waals surface area contributed by atoms with Crippen molar-refractivity contribution in [3.8, 4) is 0 Å². The molecule has 0 spiro atoms. The molecule has 1 aliphatic rings. The molecule has 0 radical (unpaired) electrons. The lowest BCUT2D eigenvalue weighted by Crippen LogP contribution is -2.37. The molecule has 1 aliphatic heterocycles. The highest BCUT2D eigenvalue weighted by molar-refractivity contribution is 8.04. The fourth-order valence-corrected chi connectivity index (χ4v) is 4.05. The Morgan fingerprint density at radius 3 is 2.56 bits per heavy atom. The van der Waals surface area contributed by atoms with Crippen molar-refractivity contribution < 1.29 is 4.79 Å². The third-order valence-electron chi connectivity index (χ3n) is 4.63. The molecule has 3 rings (SSSR count). The third-order valence-corrected chi connectivity index (χ3v) is 5.67. The van der Waals surface area contributed by atoms with Gasteiger partial charge in [0.25, 0.3) is 0 Å². The van der Waals surface area contributed by atoms with E-state index in [-0.39, 0.29) is 11.7 Å². The van der Waals surface area contributed by atoms with Crippen LogP contribution in [0.4, 0.5) is 0 Å². The fourth-order valence-electron chi connectivity index (χ4n) is 3.07. The minimum Gasteiger partial charge on any atom is -0.373 e. The molecule has 0 fully saturated rings. The van der Waals surface area contributed by atoms with Crippen LogP contribution in [0.15, 0.2) is 70.6 Å². The summed E-state index contributed by atoms with van der Waals surface area (Å²) in [5.74, 6) is 0.143. The van der Waals surface area contributed by atoms with Gasteiger partial charge in [-0.2, -0.15) is 0 Å². The third kappa shape index (κ3) is 4.16. The second-order valence-corrected chi connectivity index (χ2v) is 7.83. The van der Waals surface area contributed by atoms with Crippen LogP contribution < -0.4 is 0 Å². The van der Waals surface area contributed by atoms with Crippen molar-refractivity contribution in [1.82, 2.24) is 4.90 Å². The van der Waals surface area contributed by atoms with E-state index < -0.39 is 0 Å². The van der Waals surface area contributed by atoms with Crippen LogP contribution in [0.5, 0.6) is 0 Å². The van der Waals surface area contributed by atoms with Crippen LogP contribution >= 0.6 is 11.8 Å². The molecule has 1 unspecified atom stereocenters. The standard InChI is InChI=1S/C22H25NOS/c1-4-17-9-8-10-18(13-17)20-14-23(16(2)3)15-21(22(20)24)25-19-11-6-5-7-12-19/h5-13,15-16,20H,4,14H2,1-3H3. The number of nitrogens with zero attached hydrogens (tertiary/aromatic N) is 1. The molecule has 0 aromatic heterocycles. The number of thioether (sulfide) groups is 1. The zero-order valence-corrected chi connectivity index (χ0v) is 15.9. The lowest BCUT2D eigenvalue weighted by Gasteiger charge is -2.34. The highest BCUT2D eigenvalue weighted by atomic mass is 32.2. The van der Waals surface area contributed by atoms with E-state index >= 15 is 0 Å². The van der Waals surface area contributed by atoms with Crippen LogP contribution in [-0.4, -0.2) is 23.3 Å². The smallest absolute Gasteiger partial charge is 0.180 e. The summed E-state index contributed by atoms with van der Waals surface area (Å²) < 4.78 is 0. The van der Waals surface area contributed by atoms with Crippen molar-refractivity contribution in [2.75, 3.05) is 6.54 Å². The average Bonchev–Trinajstić information content (AvgIpc) is 2.64. The maximum Gasteiger partial charge on any atom is 0.180 e. The molecule has 2 aromatic carbocycles. The normalized spacial score (nSPS) is 17.8. The van der Waals surface area contributed by atoms with Gasteiger partial charge in [-0.05, 0) is 43.5 Å². The van der Waals surface area contributed by atoms with Crippen LogP contribution in [0, 0.1) is 0 Å². The number of carbonyl (C=O) groups excluding carboxylic acids is 1. The van der Waals surface area contributed by atoms with E-state index in [4.69, 9.17) is 0 Å². The molecule has 0 bridgehead atoms. The van der Waals surface area contributed by atoms with E-state index in [0.717, 1.165) is 28.3 Å². The molecule has 0 aliphatic carbocycles. The first-order valence-corrected chi connectivity index (χ1v) is 9.73. The van der Waals surface area contributed by atoms with Gasteiger partial charge in [0, 0.05) is 23.7 Å². The molecule has 0 saturated carbocycles. The average molecular weight is 352 g/mol. The molecule has 130 valence electrons.